The summed E-state index contributed by atoms with van der Waals surface area (Å²) < 4.78 is 10.3. The van der Waals surface area contributed by atoms with Gasteiger partial charge < -0.3 is 9.47 Å². The average molecular weight is 430 g/mol. The molecule has 0 saturated heterocycles. The summed E-state index contributed by atoms with van der Waals surface area (Å²) in [6, 6.07) is 3.05. The molecule has 2 rings (SSSR count). The summed E-state index contributed by atoms with van der Waals surface area (Å²) in [6.07, 6.45) is 2.93. The molecule has 0 N–H and O–H groups in total. The maximum absolute atomic E-state index is 11.7. The zero-order valence-electron chi connectivity index (χ0n) is 11.6. The Balaban J connectivity index is 2.63. The fourth-order valence-corrected chi connectivity index (χ4v) is 2.92. The fourth-order valence-electron chi connectivity index (χ4n) is 1.75. The number of pyridine rings is 2. The molecule has 0 unspecified atom stereocenters. The fraction of sp³-hybridized carbons (Fsp3) is 0.143. The van der Waals surface area contributed by atoms with Gasteiger partial charge in [-0.25, -0.2) is 9.59 Å². The summed E-state index contributed by atoms with van der Waals surface area (Å²) >= 11 is 6.66. The van der Waals surface area contributed by atoms with Crippen molar-refractivity contribution in [2.45, 2.75) is 0 Å². The van der Waals surface area contributed by atoms with E-state index in [1.807, 2.05) is 0 Å². The maximum Gasteiger partial charge on any atom is 0.339 e. The van der Waals surface area contributed by atoms with Crippen molar-refractivity contribution in [2.75, 3.05) is 14.2 Å². The van der Waals surface area contributed by atoms with Crippen molar-refractivity contribution in [1.82, 2.24) is 9.97 Å². The van der Waals surface area contributed by atoms with Gasteiger partial charge in [-0.05, 0) is 44.0 Å². The van der Waals surface area contributed by atoms with Gasteiger partial charge in [0.05, 0.1) is 34.3 Å². The third-order valence-electron chi connectivity index (χ3n) is 2.81. The van der Waals surface area contributed by atoms with E-state index in [1.54, 1.807) is 0 Å². The molecule has 0 amide bonds. The number of ether oxygens (including phenoxy) is 2. The Hall–Kier alpha value is -1.80. The van der Waals surface area contributed by atoms with Crippen LogP contribution in [-0.4, -0.2) is 36.1 Å². The number of aromatic nitrogens is 2. The van der Waals surface area contributed by atoms with Crippen LogP contribution in [0.3, 0.4) is 0 Å². The Morgan fingerprint density at radius 3 is 1.55 bits per heavy atom. The molecule has 2 aromatic rings. The molecule has 8 heteroatoms. The van der Waals surface area contributed by atoms with E-state index in [1.165, 1.54) is 38.7 Å². The molecule has 0 aliphatic rings. The van der Waals surface area contributed by atoms with Gasteiger partial charge in [0.1, 0.15) is 11.4 Å². The molecule has 114 valence electrons. The van der Waals surface area contributed by atoms with Gasteiger partial charge in [0, 0.05) is 12.4 Å². The van der Waals surface area contributed by atoms with Crippen molar-refractivity contribution in [3.05, 3.63) is 44.6 Å². The number of rotatable bonds is 3. The molecule has 0 saturated carbocycles. The Kier molecular flexibility index (Phi) is 5.25. The van der Waals surface area contributed by atoms with Gasteiger partial charge in [-0.3, -0.25) is 9.97 Å². The van der Waals surface area contributed by atoms with Crippen molar-refractivity contribution in [2.24, 2.45) is 0 Å². The number of hydrogen-bond acceptors (Lipinski definition) is 6. The summed E-state index contributed by atoms with van der Waals surface area (Å²) in [4.78, 5) is 31.9. The van der Waals surface area contributed by atoms with E-state index in [9.17, 15) is 9.59 Å². The van der Waals surface area contributed by atoms with E-state index in [2.05, 4.69) is 41.8 Å². The highest BCUT2D eigenvalue weighted by Gasteiger charge is 2.21. The van der Waals surface area contributed by atoms with E-state index < -0.39 is 11.9 Å². The Bertz CT molecular complexity index is 686. The topological polar surface area (TPSA) is 78.4 Å². The first-order chi connectivity index (χ1) is 10.5. The van der Waals surface area contributed by atoms with E-state index in [4.69, 9.17) is 9.47 Å². The first-order valence-electron chi connectivity index (χ1n) is 5.97. The lowest BCUT2D eigenvalue weighted by Crippen LogP contribution is -2.06. The number of halogens is 2. The lowest BCUT2D eigenvalue weighted by atomic mass is 10.1. The molecular weight excluding hydrogens is 420 g/mol. The van der Waals surface area contributed by atoms with Crippen LogP contribution >= 0.6 is 31.9 Å². The Labute approximate surface area is 143 Å². The highest BCUT2D eigenvalue weighted by Crippen LogP contribution is 2.34. The van der Waals surface area contributed by atoms with Gasteiger partial charge in [-0.1, -0.05) is 0 Å². The van der Waals surface area contributed by atoms with Crippen molar-refractivity contribution in [3.8, 4) is 11.4 Å². The van der Waals surface area contributed by atoms with E-state index >= 15 is 0 Å². The van der Waals surface area contributed by atoms with Crippen LogP contribution in [0.25, 0.3) is 11.4 Å². The SMILES string of the molecule is COC(=O)c1ccnc(-c2nccc(C(=O)OC)c2Br)c1Br. The number of nitrogens with zero attached hydrogens (tertiary/aromatic N) is 2. The molecular formula is C14H10Br2N2O4. The number of carbonyl (C=O) groups excluding carboxylic acids is 2. The minimum absolute atomic E-state index is 0.310. The van der Waals surface area contributed by atoms with Crippen molar-refractivity contribution < 1.29 is 19.1 Å². The lowest BCUT2D eigenvalue weighted by Gasteiger charge is -2.10. The van der Waals surface area contributed by atoms with Gasteiger partial charge in [0.15, 0.2) is 0 Å². The number of methoxy groups -OCH3 is 2. The van der Waals surface area contributed by atoms with Gasteiger partial charge in [-0.15, -0.1) is 0 Å². The molecule has 0 atom stereocenters. The van der Waals surface area contributed by atoms with Gasteiger partial charge in [0.25, 0.3) is 0 Å². The zero-order chi connectivity index (χ0) is 16.3. The van der Waals surface area contributed by atoms with Gasteiger partial charge in [-0.2, -0.15) is 0 Å². The largest absolute Gasteiger partial charge is 0.465 e. The summed E-state index contributed by atoms with van der Waals surface area (Å²) in [6.45, 7) is 0. The van der Waals surface area contributed by atoms with Crippen LogP contribution in [0.4, 0.5) is 0 Å². The zero-order valence-corrected chi connectivity index (χ0v) is 14.8. The highest BCUT2D eigenvalue weighted by molar-refractivity contribution is 9.11. The van der Waals surface area contributed by atoms with Crippen molar-refractivity contribution in [1.29, 1.82) is 0 Å². The molecule has 0 aromatic carbocycles. The lowest BCUT2D eigenvalue weighted by molar-refractivity contribution is 0.0590. The van der Waals surface area contributed by atoms with Crippen molar-refractivity contribution >= 4 is 43.8 Å². The van der Waals surface area contributed by atoms with E-state index in [0.29, 0.717) is 31.5 Å². The van der Waals surface area contributed by atoms with Gasteiger partial charge in [0.2, 0.25) is 0 Å². The Morgan fingerprint density at radius 2 is 1.23 bits per heavy atom. The minimum Gasteiger partial charge on any atom is -0.465 e. The predicted molar refractivity (Wildman–Crippen MR) is 85.5 cm³/mol. The second-order valence-corrected chi connectivity index (χ2v) is 5.61. The van der Waals surface area contributed by atoms with E-state index in [0.717, 1.165) is 0 Å². The standard InChI is InChI=1S/C14H10Br2N2O4/c1-21-13(19)7-3-5-17-11(9(7)15)12-10(16)8(4-6-18-12)14(20)22-2/h3-6H,1-2H3. The molecule has 2 heterocycles. The van der Waals surface area contributed by atoms with E-state index in [-0.39, 0.29) is 0 Å². The van der Waals surface area contributed by atoms with Crippen LogP contribution in [-0.2, 0) is 9.47 Å². The first-order valence-corrected chi connectivity index (χ1v) is 7.55. The summed E-state index contributed by atoms with van der Waals surface area (Å²) in [5.74, 6) is -1.01. The predicted octanol–water partition coefficient (Wildman–Crippen LogP) is 3.24. The third kappa shape index (κ3) is 3.02. The molecule has 22 heavy (non-hydrogen) atoms. The molecule has 0 fully saturated rings. The smallest absolute Gasteiger partial charge is 0.339 e. The number of esters is 2. The van der Waals surface area contributed by atoms with Crippen LogP contribution in [0.5, 0.6) is 0 Å². The van der Waals surface area contributed by atoms with Crippen LogP contribution in [0.15, 0.2) is 33.5 Å². The monoisotopic (exact) mass is 428 g/mol. The summed E-state index contributed by atoms with van der Waals surface area (Å²) in [5, 5.41) is 0. The molecule has 6 nitrogen and oxygen atoms in total. The second kappa shape index (κ2) is 6.97. The molecule has 0 radical (unpaired) electrons. The van der Waals surface area contributed by atoms with Crippen LogP contribution in [0.1, 0.15) is 20.7 Å². The van der Waals surface area contributed by atoms with Crippen molar-refractivity contribution in [3.63, 3.8) is 0 Å². The first kappa shape index (κ1) is 16.6. The third-order valence-corrected chi connectivity index (χ3v) is 4.42. The minimum atomic E-state index is -0.504. The highest BCUT2D eigenvalue weighted by atomic mass is 79.9. The maximum atomic E-state index is 11.7. The second-order valence-electron chi connectivity index (χ2n) is 4.03. The number of carbonyl (C=O) groups is 2. The summed E-state index contributed by atoms with van der Waals surface area (Å²) in [5.41, 5.74) is 1.43. The van der Waals surface area contributed by atoms with Gasteiger partial charge >= 0.3 is 11.9 Å². The molecule has 0 aliphatic carbocycles. The molecule has 0 spiro atoms. The molecule has 0 aliphatic heterocycles. The normalized spacial score (nSPS) is 10.2. The summed E-state index contributed by atoms with van der Waals surface area (Å²) in [7, 11) is 2.59. The van der Waals surface area contributed by atoms with Crippen LogP contribution in [0.2, 0.25) is 0 Å². The molecule has 0 bridgehead atoms. The Morgan fingerprint density at radius 1 is 0.864 bits per heavy atom. The quantitative estimate of drug-likeness (QED) is 0.697. The number of hydrogen-bond donors (Lipinski definition) is 0. The van der Waals surface area contributed by atoms with Crippen LogP contribution in [0, 0.1) is 0 Å². The molecule has 2 aromatic heterocycles. The average Bonchev–Trinajstić information content (AvgIpc) is 2.54. The van der Waals surface area contributed by atoms with Crippen LogP contribution < -0.4 is 0 Å².